The van der Waals surface area contributed by atoms with E-state index >= 15 is 0 Å². The number of hydrogen-bond donors (Lipinski definition) is 2. The molecule has 15 heavy (non-hydrogen) atoms. The third kappa shape index (κ3) is 0.703. The van der Waals surface area contributed by atoms with Gasteiger partial charge in [0.25, 0.3) is 0 Å². The molecule has 2 N–H and O–H groups in total. The molecule has 0 aromatic heterocycles. The van der Waals surface area contributed by atoms with E-state index in [-0.39, 0.29) is 0 Å². The lowest BCUT2D eigenvalue weighted by atomic mass is 9.79. The molecule has 0 aliphatic heterocycles. The fourth-order valence-corrected chi connectivity index (χ4v) is 5.14. The highest BCUT2D eigenvalue weighted by Crippen LogP contribution is 2.68. The second kappa shape index (κ2) is 2.36. The van der Waals surface area contributed by atoms with E-state index < -0.39 is 0 Å². The van der Waals surface area contributed by atoms with Crippen LogP contribution in [0.2, 0.25) is 0 Å². The fourth-order valence-electron chi connectivity index (χ4n) is 5.14. The summed E-state index contributed by atoms with van der Waals surface area (Å²) >= 11 is 0. The van der Waals surface area contributed by atoms with Crippen molar-refractivity contribution in [1.82, 2.24) is 0 Å². The van der Waals surface area contributed by atoms with Gasteiger partial charge < -0.3 is 10.4 Å². The van der Waals surface area contributed by atoms with Gasteiger partial charge in [0.2, 0.25) is 0 Å². The molecule has 0 saturated heterocycles. The monoisotopic (exact) mass is 206 g/mol. The quantitative estimate of drug-likeness (QED) is 0.466. The first-order chi connectivity index (χ1) is 7.35. The van der Waals surface area contributed by atoms with Crippen molar-refractivity contribution in [2.75, 3.05) is 0 Å². The molecule has 4 rings (SSSR count). The Labute approximate surface area is 87.7 Å². The topological polar surface area (TPSA) is 65.2 Å². The van der Waals surface area contributed by atoms with Gasteiger partial charge in [0.15, 0.2) is 0 Å². The van der Waals surface area contributed by atoms with Crippen LogP contribution in [-0.4, -0.2) is 21.8 Å². The van der Waals surface area contributed by atoms with Crippen LogP contribution in [0.15, 0.2) is 10.3 Å². The Balaban J connectivity index is 1.87. The predicted octanol–water partition coefficient (Wildman–Crippen LogP) is 1.57. The maximum atomic E-state index is 9.02. The average molecular weight is 206 g/mol. The Kier molecular flexibility index (Phi) is 1.28. The second-order valence-electron chi connectivity index (χ2n) is 5.53. The molecule has 0 amide bonds. The van der Waals surface area contributed by atoms with Crippen molar-refractivity contribution in [2.24, 2.45) is 45.8 Å². The second-order valence-corrected chi connectivity index (χ2v) is 5.53. The van der Waals surface area contributed by atoms with Gasteiger partial charge in [-0.05, 0) is 42.9 Å². The van der Waals surface area contributed by atoms with Gasteiger partial charge in [0, 0.05) is 11.8 Å². The van der Waals surface area contributed by atoms with Gasteiger partial charge in [-0.2, -0.15) is 0 Å². The number of fused-ring (bicyclic) bond motifs is 2. The van der Waals surface area contributed by atoms with Gasteiger partial charge in [-0.1, -0.05) is 10.3 Å². The molecule has 0 aromatic carbocycles. The smallest absolute Gasteiger partial charge is 0.0614 e. The fraction of sp³-hybridized carbons (Fsp3) is 0.818. The zero-order chi connectivity index (χ0) is 10.2. The molecule has 4 aliphatic carbocycles. The summed E-state index contributed by atoms with van der Waals surface area (Å²) in [5.74, 6) is 3.65. The first-order valence-corrected chi connectivity index (χ1v) is 5.76. The van der Waals surface area contributed by atoms with Crippen LogP contribution in [0.5, 0.6) is 0 Å². The van der Waals surface area contributed by atoms with Crippen molar-refractivity contribution in [3.8, 4) is 0 Å². The lowest BCUT2D eigenvalue weighted by Gasteiger charge is -2.24. The minimum absolute atomic E-state index is 0.398. The first kappa shape index (κ1) is 8.13. The molecule has 4 saturated carbocycles. The Bertz CT molecular complexity index is 350. The predicted molar refractivity (Wildman–Crippen MR) is 53.2 cm³/mol. The summed E-state index contributed by atoms with van der Waals surface area (Å²) in [5.41, 5.74) is 1.95. The Morgan fingerprint density at radius 2 is 1.27 bits per heavy atom. The van der Waals surface area contributed by atoms with Crippen molar-refractivity contribution in [3.63, 3.8) is 0 Å². The number of oxime groups is 2. The molecule has 2 bridgehead atoms. The molecular weight excluding hydrogens is 192 g/mol. The van der Waals surface area contributed by atoms with Gasteiger partial charge >= 0.3 is 0 Å². The molecule has 0 heterocycles. The Morgan fingerprint density at radius 3 is 1.67 bits per heavy atom. The molecule has 4 nitrogen and oxygen atoms in total. The van der Waals surface area contributed by atoms with Crippen LogP contribution in [0.25, 0.3) is 0 Å². The summed E-state index contributed by atoms with van der Waals surface area (Å²) < 4.78 is 0. The van der Waals surface area contributed by atoms with E-state index in [1.165, 1.54) is 6.42 Å². The van der Waals surface area contributed by atoms with Crippen LogP contribution < -0.4 is 0 Å². The summed E-state index contributed by atoms with van der Waals surface area (Å²) in [4.78, 5) is 0. The maximum Gasteiger partial charge on any atom is 0.0614 e. The van der Waals surface area contributed by atoms with Crippen LogP contribution in [0, 0.1) is 35.5 Å². The zero-order valence-corrected chi connectivity index (χ0v) is 8.37. The molecule has 80 valence electrons. The molecule has 0 aromatic rings. The summed E-state index contributed by atoms with van der Waals surface area (Å²) in [7, 11) is 0. The van der Waals surface area contributed by atoms with E-state index in [2.05, 4.69) is 10.3 Å². The molecule has 4 heteroatoms. The van der Waals surface area contributed by atoms with Gasteiger partial charge in [0.1, 0.15) is 0 Å². The highest BCUT2D eigenvalue weighted by Gasteiger charge is 2.67. The Hall–Kier alpha value is -1.06. The maximum absolute atomic E-state index is 9.02. The van der Waals surface area contributed by atoms with E-state index in [0.29, 0.717) is 23.7 Å². The summed E-state index contributed by atoms with van der Waals surface area (Å²) in [6, 6.07) is 0. The third-order valence-electron chi connectivity index (χ3n) is 5.42. The van der Waals surface area contributed by atoms with Gasteiger partial charge in [-0.25, -0.2) is 0 Å². The van der Waals surface area contributed by atoms with Crippen molar-refractivity contribution < 1.29 is 10.4 Å². The highest BCUT2D eigenvalue weighted by molar-refractivity contribution is 6.00. The third-order valence-corrected chi connectivity index (χ3v) is 5.42. The lowest BCUT2D eigenvalue weighted by molar-refractivity contribution is 0.240. The standard InChI is InChI=1S/C11H14N2O2/c14-12-8-2-4-5-3-9(13-15)11-7(5)1-6(4)10(8)11/h4-7,10-11,14-15H,1-3H2/b12-8+,13-9+/t4-,5+,6-,7+,10-,11+. The van der Waals surface area contributed by atoms with Crippen LogP contribution in [0.3, 0.4) is 0 Å². The Morgan fingerprint density at radius 1 is 0.800 bits per heavy atom. The van der Waals surface area contributed by atoms with Crippen molar-refractivity contribution in [3.05, 3.63) is 0 Å². The molecule has 4 aliphatic rings. The molecule has 0 radical (unpaired) electrons. The number of rotatable bonds is 0. The van der Waals surface area contributed by atoms with E-state index in [1.54, 1.807) is 0 Å². The van der Waals surface area contributed by atoms with Crippen molar-refractivity contribution in [1.29, 1.82) is 0 Å². The normalized spacial score (nSPS) is 60.0. The van der Waals surface area contributed by atoms with Crippen LogP contribution >= 0.6 is 0 Å². The van der Waals surface area contributed by atoms with Crippen molar-refractivity contribution >= 4 is 11.4 Å². The number of nitrogens with zero attached hydrogens (tertiary/aromatic N) is 2. The molecular formula is C11H14N2O2. The van der Waals surface area contributed by atoms with E-state index in [9.17, 15) is 0 Å². The minimum Gasteiger partial charge on any atom is -0.411 e. The summed E-state index contributed by atoms with van der Waals surface area (Å²) in [5, 5.41) is 25.0. The first-order valence-electron chi connectivity index (χ1n) is 5.76. The van der Waals surface area contributed by atoms with Crippen LogP contribution in [0.1, 0.15) is 19.3 Å². The van der Waals surface area contributed by atoms with E-state index in [1.807, 2.05) is 0 Å². The van der Waals surface area contributed by atoms with Gasteiger partial charge in [0.05, 0.1) is 11.4 Å². The summed E-state index contributed by atoms with van der Waals surface area (Å²) in [6.45, 7) is 0. The zero-order valence-electron chi connectivity index (χ0n) is 8.37. The molecule has 4 fully saturated rings. The summed E-state index contributed by atoms with van der Waals surface area (Å²) in [6.07, 6.45) is 3.24. The number of hydrogen-bond acceptors (Lipinski definition) is 4. The SMILES string of the molecule is O/N=C1\C[C@H]2[C@H]3C/C(=N\O)[C@H]4[C@@H]3C[C@@H]2[C@@H]14. The average Bonchev–Trinajstić information content (AvgIpc) is 2.83. The molecule has 6 atom stereocenters. The van der Waals surface area contributed by atoms with Crippen LogP contribution in [0.4, 0.5) is 0 Å². The van der Waals surface area contributed by atoms with E-state index in [4.69, 9.17) is 10.4 Å². The minimum atomic E-state index is 0.398. The van der Waals surface area contributed by atoms with Gasteiger partial charge in [-0.15, -0.1) is 0 Å². The molecule has 0 unspecified atom stereocenters. The largest absolute Gasteiger partial charge is 0.411 e. The van der Waals surface area contributed by atoms with E-state index in [0.717, 1.165) is 36.1 Å². The van der Waals surface area contributed by atoms with Gasteiger partial charge in [-0.3, -0.25) is 0 Å². The molecule has 0 spiro atoms. The lowest BCUT2D eigenvalue weighted by Crippen LogP contribution is -2.26. The van der Waals surface area contributed by atoms with Crippen LogP contribution in [-0.2, 0) is 0 Å². The van der Waals surface area contributed by atoms with Crippen molar-refractivity contribution in [2.45, 2.75) is 19.3 Å². The highest BCUT2D eigenvalue weighted by atomic mass is 16.4.